The van der Waals surface area contributed by atoms with Crippen molar-refractivity contribution in [2.45, 2.75) is 25.2 Å². The molecule has 3 aromatic rings. The normalized spacial score (nSPS) is 15.1. The Morgan fingerprint density at radius 1 is 1.23 bits per heavy atom. The molecule has 0 unspecified atom stereocenters. The van der Waals surface area contributed by atoms with E-state index in [0.29, 0.717) is 24.6 Å². The molecule has 8 nitrogen and oxygen atoms in total. The van der Waals surface area contributed by atoms with Gasteiger partial charge >= 0.3 is 0 Å². The highest BCUT2D eigenvalue weighted by Crippen LogP contribution is 2.34. The number of aromatic nitrogens is 1. The predicted molar refractivity (Wildman–Crippen MR) is 120 cm³/mol. The third kappa shape index (κ3) is 4.86. The van der Waals surface area contributed by atoms with E-state index in [1.54, 1.807) is 19.2 Å². The molecule has 2 aromatic carbocycles. The number of non-ortho nitro benzene ring substituents is 1. The lowest BCUT2D eigenvalue weighted by Gasteiger charge is -2.31. The van der Waals surface area contributed by atoms with E-state index in [2.05, 4.69) is 33.5 Å². The van der Waals surface area contributed by atoms with Crippen LogP contribution >= 0.6 is 0 Å². The summed E-state index contributed by atoms with van der Waals surface area (Å²) in [5.41, 5.74) is 3.05. The van der Waals surface area contributed by atoms with Gasteiger partial charge in [0.05, 0.1) is 12.0 Å². The highest BCUT2D eigenvalue weighted by Gasteiger charge is 2.23. The number of nitro groups is 1. The van der Waals surface area contributed by atoms with Crippen molar-refractivity contribution in [1.82, 2.24) is 9.88 Å². The Kier molecular flexibility index (Phi) is 6.18. The van der Waals surface area contributed by atoms with Crippen LogP contribution in [0.2, 0.25) is 0 Å². The van der Waals surface area contributed by atoms with Gasteiger partial charge in [0.15, 0.2) is 0 Å². The van der Waals surface area contributed by atoms with Crippen LogP contribution in [0.15, 0.2) is 48.7 Å². The van der Waals surface area contributed by atoms with Crippen LogP contribution in [-0.2, 0) is 4.79 Å². The van der Waals surface area contributed by atoms with Crippen molar-refractivity contribution in [3.05, 3.63) is 64.3 Å². The Balaban J connectivity index is 1.26. The fourth-order valence-corrected chi connectivity index (χ4v) is 4.20. The van der Waals surface area contributed by atoms with E-state index in [1.807, 2.05) is 6.07 Å². The monoisotopic (exact) mass is 422 g/mol. The zero-order valence-corrected chi connectivity index (χ0v) is 17.5. The van der Waals surface area contributed by atoms with E-state index in [0.717, 1.165) is 37.2 Å². The number of anilines is 1. The maximum absolute atomic E-state index is 12.2. The van der Waals surface area contributed by atoms with E-state index < -0.39 is 4.92 Å². The number of benzene rings is 2. The van der Waals surface area contributed by atoms with Crippen LogP contribution in [0.25, 0.3) is 10.9 Å². The number of H-pyrrole nitrogens is 1. The number of nitrogens with zero attached hydrogens (tertiary/aromatic N) is 2. The Hall–Kier alpha value is -3.39. The van der Waals surface area contributed by atoms with Gasteiger partial charge in [-0.1, -0.05) is 0 Å². The van der Waals surface area contributed by atoms with Crippen molar-refractivity contribution in [1.29, 1.82) is 0 Å². The zero-order valence-electron chi connectivity index (χ0n) is 17.5. The number of carbonyl (C=O) groups excluding carboxylic acids is 1. The van der Waals surface area contributed by atoms with Crippen molar-refractivity contribution in [3.8, 4) is 5.75 Å². The number of ether oxygens (including phenoxy) is 1. The molecular formula is C23H26N4O4. The fraction of sp³-hybridized carbons (Fsp3) is 0.348. The minimum Gasteiger partial charge on any atom is -0.497 e. The molecule has 162 valence electrons. The van der Waals surface area contributed by atoms with Crippen molar-refractivity contribution in [3.63, 3.8) is 0 Å². The molecule has 0 aliphatic carbocycles. The second-order valence-electron chi connectivity index (χ2n) is 7.87. The Morgan fingerprint density at radius 3 is 2.65 bits per heavy atom. The SMILES string of the molecule is COc1ccc2[nH]cc(C3CCN(CCC(=O)Nc4ccc([N+](=O)[O-])cc4)CC3)c2c1. The molecule has 2 heterocycles. The van der Waals surface area contributed by atoms with Gasteiger partial charge in [0, 0.05) is 47.9 Å². The number of amides is 1. The van der Waals surface area contributed by atoms with Crippen molar-refractivity contribution in [2.24, 2.45) is 0 Å². The number of hydrogen-bond donors (Lipinski definition) is 2. The highest BCUT2D eigenvalue weighted by molar-refractivity contribution is 5.91. The topological polar surface area (TPSA) is 100 Å². The lowest BCUT2D eigenvalue weighted by atomic mass is 9.89. The molecule has 1 amide bonds. The zero-order chi connectivity index (χ0) is 21.8. The van der Waals surface area contributed by atoms with Crippen LogP contribution in [0.1, 0.15) is 30.7 Å². The molecule has 0 radical (unpaired) electrons. The molecule has 1 aromatic heterocycles. The third-order valence-electron chi connectivity index (χ3n) is 5.97. The summed E-state index contributed by atoms with van der Waals surface area (Å²) in [6.45, 7) is 2.60. The molecule has 0 atom stereocenters. The predicted octanol–water partition coefficient (Wildman–Crippen LogP) is 4.29. The van der Waals surface area contributed by atoms with Gasteiger partial charge in [0.1, 0.15) is 5.75 Å². The fourth-order valence-electron chi connectivity index (χ4n) is 4.20. The van der Waals surface area contributed by atoms with E-state index in [4.69, 9.17) is 4.74 Å². The minimum atomic E-state index is -0.456. The molecule has 8 heteroatoms. The summed E-state index contributed by atoms with van der Waals surface area (Å²) in [4.78, 5) is 28.2. The summed E-state index contributed by atoms with van der Waals surface area (Å²) >= 11 is 0. The number of methoxy groups -OCH3 is 1. The number of likely N-dealkylation sites (tertiary alicyclic amines) is 1. The molecule has 0 bridgehead atoms. The largest absolute Gasteiger partial charge is 0.497 e. The molecule has 4 rings (SSSR count). The molecule has 31 heavy (non-hydrogen) atoms. The second-order valence-corrected chi connectivity index (χ2v) is 7.87. The van der Waals surface area contributed by atoms with Crippen molar-refractivity contribution >= 4 is 28.2 Å². The summed E-state index contributed by atoms with van der Waals surface area (Å²) < 4.78 is 5.37. The van der Waals surface area contributed by atoms with Crippen molar-refractivity contribution < 1.29 is 14.5 Å². The molecule has 1 saturated heterocycles. The van der Waals surface area contributed by atoms with Crippen LogP contribution in [0.3, 0.4) is 0 Å². The summed E-state index contributed by atoms with van der Waals surface area (Å²) in [5, 5.41) is 14.7. The van der Waals surface area contributed by atoms with Crippen LogP contribution in [0.4, 0.5) is 11.4 Å². The van der Waals surface area contributed by atoms with Gasteiger partial charge in [-0.3, -0.25) is 14.9 Å². The average Bonchev–Trinajstić information content (AvgIpc) is 3.21. The van der Waals surface area contributed by atoms with Crippen LogP contribution in [0, 0.1) is 10.1 Å². The first kappa shape index (κ1) is 20.9. The molecular weight excluding hydrogens is 396 g/mol. The van der Waals surface area contributed by atoms with Crippen LogP contribution in [-0.4, -0.2) is 47.5 Å². The minimum absolute atomic E-state index is 0.00881. The quantitative estimate of drug-likeness (QED) is 0.437. The van der Waals surface area contributed by atoms with Gasteiger partial charge in [-0.25, -0.2) is 0 Å². The Morgan fingerprint density at radius 2 is 1.97 bits per heavy atom. The molecule has 1 aliphatic rings. The smallest absolute Gasteiger partial charge is 0.269 e. The first-order valence-corrected chi connectivity index (χ1v) is 10.4. The lowest BCUT2D eigenvalue weighted by Crippen LogP contribution is -2.35. The average molecular weight is 422 g/mol. The van der Waals surface area contributed by atoms with Crippen molar-refractivity contribution in [2.75, 3.05) is 32.1 Å². The van der Waals surface area contributed by atoms with Gasteiger partial charge in [0.25, 0.3) is 5.69 Å². The number of piperidine rings is 1. The van der Waals surface area contributed by atoms with E-state index in [-0.39, 0.29) is 11.6 Å². The number of carbonyl (C=O) groups is 1. The van der Waals surface area contributed by atoms with E-state index in [9.17, 15) is 14.9 Å². The summed E-state index contributed by atoms with van der Waals surface area (Å²) in [5.74, 6) is 1.27. The Labute approximate surface area is 180 Å². The Bertz CT molecular complexity index is 1070. The summed E-state index contributed by atoms with van der Waals surface area (Å²) in [6.07, 6.45) is 4.61. The number of nitro benzene ring substituents is 1. The molecule has 2 N–H and O–H groups in total. The van der Waals surface area contributed by atoms with Crippen LogP contribution < -0.4 is 10.1 Å². The van der Waals surface area contributed by atoms with Gasteiger partial charge in [-0.05, 0) is 67.7 Å². The first-order valence-electron chi connectivity index (χ1n) is 10.4. The standard InChI is InChI=1S/C23H26N4O4/c1-31-19-6-7-22-20(14-19)21(15-24-22)16-8-11-26(12-9-16)13-10-23(28)25-17-2-4-18(5-3-17)27(29)30/h2-7,14-16,24H,8-13H2,1H3,(H,25,28). The lowest BCUT2D eigenvalue weighted by molar-refractivity contribution is -0.384. The summed E-state index contributed by atoms with van der Waals surface area (Å²) in [7, 11) is 1.68. The molecule has 0 spiro atoms. The third-order valence-corrected chi connectivity index (χ3v) is 5.97. The number of nitrogens with one attached hydrogen (secondary N) is 2. The number of hydrogen-bond acceptors (Lipinski definition) is 5. The molecule has 0 saturated carbocycles. The summed E-state index contributed by atoms with van der Waals surface area (Å²) in [6, 6.07) is 12.0. The van der Waals surface area contributed by atoms with Gasteiger partial charge in [-0.2, -0.15) is 0 Å². The maximum atomic E-state index is 12.2. The van der Waals surface area contributed by atoms with Gasteiger partial charge < -0.3 is 19.9 Å². The number of aromatic amines is 1. The first-order chi connectivity index (χ1) is 15.0. The van der Waals surface area contributed by atoms with Crippen LogP contribution in [0.5, 0.6) is 5.75 Å². The second kappa shape index (κ2) is 9.18. The molecule has 1 fully saturated rings. The molecule has 1 aliphatic heterocycles. The van der Waals surface area contributed by atoms with Gasteiger partial charge in [-0.15, -0.1) is 0 Å². The van der Waals surface area contributed by atoms with E-state index in [1.165, 1.54) is 23.1 Å². The number of rotatable bonds is 7. The van der Waals surface area contributed by atoms with Gasteiger partial charge in [0.2, 0.25) is 5.91 Å². The van der Waals surface area contributed by atoms with E-state index >= 15 is 0 Å². The maximum Gasteiger partial charge on any atom is 0.269 e. The number of fused-ring (bicyclic) bond motifs is 1. The highest BCUT2D eigenvalue weighted by atomic mass is 16.6.